The molecule has 0 aliphatic carbocycles. The lowest BCUT2D eigenvalue weighted by Crippen LogP contribution is -2.34. The van der Waals surface area contributed by atoms with Gasteiger partial charge in [0, 0.05) is 30.7 Å². The van der Waals surface area contributed by atoms with Gasteiger partial charge in [-0.2, -0.15) is 0 Å². The lowest BCUT2D eigenvalue weighted by atomic mass is 10.1. The molecule has 0 fully saturated rings. The molecule has 1 unspecified atom stereocenters. The van der Waals surface area contributed by atoms with Crippen molar-refractivity contribution in [3.63, 3.8) is 0 Å². The van der Waals surface area contributed by atoms with Gasteiger partial charge in [0.15, 0.2) is 0 Å². The molecule has 2 heterocycles. The molecule has 4 heteroatoms. The highest BCUT2D eigenvalue weighted by Gasteiger charge is 2.26. The van der Waals surface area contributed by atoms with Gasteiger partial charge in [0.1, 0.15) is 5.56 Å². The fraction of sp³-hybridized carbons (Fsp3) is 0.185. The molecule has 3 aromatic carbocycles. The predicted octanol–water partition coefficient (Wildman–Crippen LogP) is 4.96. The van der Waals surface area contributed by atoms with Crippen molar-refractivity contribution in [2.24, 2.45) is 0 Å². The van der Waals surface area contributed by atoms with Gasteiger partial charge in [-0.15, -0.1) is 0 Å². The van der Waals surface area contributed by atoms with E-state index in [1.165, 1.54) is 5.56 Å². The molecule has 1 aliphatic rings. The van der Waals surface area contributed by atoms with Crippen molar-refractivity contribution in [1.29, 1.82) is 0 Å². The average molecular weight is 409 g/mol. The predicted molar refractivity (Wildman–Crippen MR) is 123 cm³/mol. The topological polar surface area (TPSA) is 42.3 Å². The highest BCUT2D eigenvalue weighted by Crippen LogP contribution is 2.31. The molecule has 5 rings (SSSR count). The Morgan fingerprint density at radius 1 is 0.903 bits per heavy atom. The lowest BCUT2D eigenvalue weighted by Gasteiger charge is -2.24. The van der Waals surface area contributed by atoms with Crippen LogP contribution in [0.25, 0.3) is 10.9 Å². The van der Waals surface area contributed by atoms with Crippen LogP contribution in [0.5, 0.6) is 0 Å². The van der Waals surface area contributed by atoms with E-state index in [9.17, 15) is 9.59 Å². The molecule has 4 nitrogen and oxygen atoms in total. The molecule has 0 saturated heterocycles. The van der Waals surface area contributed by atoms with Gasteiger partial charge < -0.3 is 9.47 Å². The van der Waals surface area contributed by atoms with Crippen molar-refractivity contribution in [3.05, 3.63) is 118 Å². The van der Waals surface area contributed by atoms with Crippen molar-refractivity contribution < 1.29 is 4.79 Å². The van der Waals surface area contributed by atoms with E-state index in [0.29, 0.717) is 18.5 Å². The van der Waals surface area contributed by atoms with Gasteiger partial charge in [-0.05, 0) is 36.1 Å². The summed E-state index contributed by atoms with van der Waals surface area (Å²) in [5, 5.41) is 0.632. The Kier molecular flexibility index (Phi) is 4.91. The maximum atomic E-state index is 13.7. The summed E-state index contributed by atoms with van der Waals surface area (Å²) in [5.74, 6) is -0.229. The van der Waals surface area contributed by atoms with Crippen LogP contribution in [0, 0.1) is 0 Å². The minimum atomic E-state index is -0.229. The van der Waals surface area contributed by atoms with Crippen LogP contribution in [0.2, 0.25) is 0 Å². The van der Waals surface area contributed by atoms with E-state index < -0.39 is 0 Å². The third kappa shape index (κ3) is 3.55. The standard InChI is InChI=1S/C27H24N2O2/c1-19-15-22-13-8-14-23-25(22)29(19)18-24(26(23)30)27(31)28(16-20-9-4-2-5-10-20)17-21-11-6-3-7-12-21/h2-14,18-19H,15-17H2,1H3. The minimum Gasteiger partial charge on any atom is -0.343 e. The lowest BCUT2D eigenvalue weighted by molar-refractivity contribution is 0.0728. The fourth-order valence-electron chi connectivity index (χ4n) is 4.55. The van der Waals surface area contributed by atoms with E-state index in [2.05, 4.69) is 17.6 Å². The molecule has 0 N–H and O–H groups in total. The van der Waals surface area contributed by atoms with Crippen molar-refractivity contribution in [1.82, 2.24) is 9.47 Å². The number of benzene rings is 3. The molecule has 0 spiro atoms. The summed E-state index contributed by atoms with van der Waals surface area (Å²) in [6.07, 6.45) is 2.66. The maximum absolute atomic E-state index is 13.7. The first-order valence-electron chi connectivity index (χ1n) is 10.7. The third-order valence-corrected chi connectivity index (χ3v) is 6.08. The van der Waals surface area contributed by atoms with Crippen LogP contribution in [-0.2, 0) is 19.5 Å². The first-order valence-corrected chi connectivity index (χ1v) is 10.7. The number of carbonyl (C=O) groups is 1. The van der Waals surface area contributed by atoms with Crippen molar-refractivity contribution in [2.75, 3.05) is 0 Å². The van der Waals surface area contributed by atoms with Crippen molar-refractivity contribution >= 4 is 16.8 Å². The molecule has 1 aliphatic heterocycles. The summed E-state index contributed by atoms with van der Waals surface area (Å²) in [6, 6.07) is 25.9. The highest BCUT2D eigenvalue weighted by atomic mass is 16.2. The number of amides is 1. The summed E-state index contributed by atoms with van der Waals surface area (Å²) < 4.78 is 2.10. The Hall–Kier alpha value is -3.66. The SMILES string of the molecule is CC1Cc2cccc3c(=O)c(C(=O)N(Cc4ccccc4)Cc4ccccc4)cn1c23. The van der Waals surface area contributed by atoms with Gasteiger partial charge in [-0.25, -0.2) is 0 Å². The van der Waals surface area contributed by atoms with Crippen molar-refractivity contribution in [3.8, 4) is 0 Å². The number of hydrogen-bond donors (Lipinski definition) is 0. The Bertz CT molecular complexity index is 1270. The van der Waals surface area contributed by atoms with Gasteiger partial charge in [0.25, 0.3) is 5.91 Å². The van der Waals surface area contributed by atoms with Crippen LogP contribution in [0.1, 0.15) is 40.0 Å². The fourth-order valence-corrected chi connectivity index (χ4v) is 4.55. The first kappa shape index (κ1) is 19.3. The van der Waals surface area contributed by atoms with Crippen LogP contribution >= 0.6 is 0 Å². The Morgan fingerprint density at radius 3 is 2.13 bits per heavy atom. The number of aromatic nitrogens is 1. The zero-order valence-corrected chi connectivity index (χ0v) is 17.5. The van der Waals surface area contributed by atoms with E-state index in [4.69, 9.17) is 0 Å². The van der Waals surface area contributed by atoms with Gasteiger partial charge >= 0.3 is 0 Å². The average Bonchev–Trinajstić information content (AvgIpc) is 3.12. The molecule has 31 heavy (non-hydrogen) atoms. The summed E-state index contributed by atoms with van der Waals surface area (Å²) in [4.78, 5) is 28.8. The van der Waals surface area contributed by atoms with E-state index >= 15 is 0 Å². The van der Waals surface area contributed by atoms with Gasteiger partial charge in [0.2, 0.25) is 5.43 Å². The maximum Gasteiger partial charge on any atom is 0.259 e. The van der Waals surface area contributed by atoms with E-state index in [-0.39, 0.29) is 22.9 Å². The number of pyridine rings is 1. The van der Waals surface area contributed by atoms with Crippen LogP contribution in [0.4, 0.5) is 0 Å². The van der Waals surface area contributed by atoms with Gasteiger partial charge in [-0.1, -0.05) is 72.8 Å². The summed E-state index contributed by atoms with van der Waals surface area (Å²) in [7, 11) is 0. The van der Waals surface area contributed by atoms with Gasteiger partial charge in [0.05, 0.1) is 5.52 Å². The molecular formula is C27H24N2O2. The minimum absolute atomic E-state index is 0.182. The molecular weight excluding hydrogens is 384 g/mol. The van der Waals surface area contributed by atoms with Gasteiger partial charge in [-0.3, -0.25) is 9.59 Å². The van der Waals surface area contributed by atoms with E-state index in [0.717, 1.165) is 23.1 Å². The Labute approximate surface area is 181 Å². The van der Waals surface area contributed by atoms with Crippen molar-refractivity contribution in [2.45, 2.75) is 32.5 Å². The number of hydrogen-bond acceptors (Lipinski definition) is 2. The molecule has 0 bridgehead atoms. The number of carbonyl (C=O) groups excluding carboxylic acids is 1. The monoisotopic (exact) mass is 408 g/mol. The number of rotatable bonds is 5. The Balaban J connectivity index is 1.59. The van der Waals surface area contributed by atoms with Crippen LogP contribution in [-0.4, -0.2) is 15.4 Å². The zero-order valence-electron chi connectivity index (χ0n) is 17.5. The number of para-hydroxylation sites is 1. The summed E-state index contributed by atoms with van der Waals surface area (Å²) in [5.41, 5.74) is 4.27. The van der Waals surface area contributed by atoms with Crippen LogP contribution in [0.3, 0.4) is 0 Å². The first-order chi connectivity index (χ1) is 15.1. The van der Waals surface area contributed by atoms with E-state index in [1.807, 2.05) is 72.8 Å². The zero-order chi connectivity index (χ0) is 21.4. The molecule has 1 atom stereocenters. The molecule has 0 saturated carbocycles. The van der Waals surface area contributed by atoms with Crippen LogP contribution in [0.15, 0.2) is 89.9 Å². The number of nitrogens with zero attached hydrogens (tertiary/aromatic N) is 2. The van der Waals surface area contributed by atoms with Crippen LogP contribution < -0.4 is 5.43 Å². The summed E-state index contributed by atoms with van der Waals surface area (Å²) in [6.45, 7) is 3.02. The molecule has 4 aromatic rings. The molecule has 0 radical (unpaired) electrons. The second-order valence-electron chi connectivity index (χ2n) is 8.28. The highest BCUT2D eigenvalue weighted by molar-refractivity contribution is 5.98. The second kappa shape index (κ2) is 7.88. The van der Waals surface area contributed by atoms with E-state index in [1.54, 1.807) is 11.1 Å². The largest absolute Gasteiger partial charge is 0.343 e. The smallest absolute Gasteiger partial charge is 0.259 e. The molecule has 1 amide bonds. The third-order valence-electron chi connectivity index (χ3n) is 6.08. The Morgan fingerprint density at radius 2 is 1.52 bits per heavy atom. The molecule has 154 valence electrons. The summed E-state index contributed by atoms with van der Waals surface area (Å²) >= 11 is 0. The second-order valence-corrected chi connectivity index (χ2v) is 8.28. The normalized spacial score (nSPS) is 14.7. The quantitative estimate of drug-likeness (QED) is 0.468. The molecule has 1 aromatic heterocycles.